The Morgan fingerprint density at radius 1 is 0.885 bits per heavy atom. The van der Waals surface area contributed by atoms with Crippen LogP contribution in [0, 0.1) is 0 Å². The maximum Gasteiger partial charge on any atom is 0.336 e. The SMILES string of the molecule is O=c1c2ccccc2n(CCCn2ccnc2)c(=O)n1-c1ccncc1. The summed E-state index contributed by atoms with van der Waals surface area (Å²) in [5, 5.41) is 0.520. The van der Waals surface area contributed by atoms with Gasteiger partial charge in [-0.1, -0.05) is 12.1 Å². The zero-order chi connectivity index (χ0) is 17.9. The minimum atomic E-state index is -0.342. The molecule has 0 unspecified atom stereocenters. The molecule has 3 heterocycles. The normalized spacial score (nSPS) is 11.1. The quantitative estimate of drug-likeness (QED) is 0.552. The third-order valence-corrected chi connectivity index (χ3v) is 4.33. The molecule has 7 nitrogen and oxygen atoms in total. The predicted molar refractivity (Wildman–Crippen MR) is 98.4 cm³/mol. The molecule has 1 aromatic carbocycles. The first-order valence-corrected chi connectivity index (χ1v) is 8.36. The van der Waals surface area contributed by atoms with E-state index in [0.29, 0.717) is 23.1 Å². The van der Waals surface area contributed by atoms with Crippen molar-refractivity contribution in [2.75, 3.05) is 0 Å². The Hall–Kier alpha value is -3.48. The molecule has 3 aromatic heterocycles. The van der Waals surface area contributed by atoms with E-state index < -0.39 is 0 Å². The van der Waals surface area contributed by atoms with E-state index in [9.17, 15) is 9.59 Å². The first-order valence-electron chi connectivity index (χ1n) is 8.36. The molecule has 0 saturated heterocycles. The summed E-state index contributed by atoms with van der Waals surface area (Å²) < 4.78 is 4.83. The van der Waals surface area contributed by atoms with Crippen LogP contribution in [0.15, 0.2) is 77.1 Å². The second-order valence-electron chi connectivity index (χ2n) is 5.95. The average molecular weight is 347 g/mol. The van der Waals surface area contributed by atoms with Gasteiger partial charge in [0.25, 0.3) is 5.56 Å². The van der Waals surface area contributed by atoms with Crippen molar-refractivity contribution in [1.82, 2.24) is 23.7 Å². The van der Waals surface area contributed by atoms with Gasteiger partial charge in [-0.25, -0.2) is 14.3 Å². The van der Waals surface area contributed by atoms with Crippen molar-refractivity contribution in [3.05, 3.63) is 88.4 Å². The summed E-state index contributed by atoms with van der Waals surface area (Å²) in [4.78, 5) is 33.9. The number of hydrogen-bond acceptors (Lipinski definition) is 4. The number of nitrogens with zero attached hydrogens (tertiary/aromatic N) is 5. The van der Waals surface area contributed by atoms with Crippen molar-refractivity contribution in [2.45, 2.75) is 19.5 Å². The summed E-state index contributed by atoms with van der Waals surface area (Å²) in [7, 11) is 0. The highest BCUT2D eigenvalue weighted by Crippen LogP contribution is 2.10. The van der Waals surface area contributed by atoms with Gasteiger partial charge in [0.05, 0.1) is 22.9 Å². The van der Waals surface area contributed by atoms with Crippen LogP contribution in [0.3, 0.4) is 0 Å². The molecule has 0 saturated carbocycles. The minimum Gasteiger partial charge on any atom is -0.337 e. The number of rotatable bonds is 5. The Bertz CT molecular complexity index is 1140. The van der Waals surface area contributed by atoms with Gasteiger partial charge in [0.15, 0.2) is 0 Å². The molecule has 4 aromatic rings. The summed E-state index contributed by atoms with van der Waals surface area (Å²) >= 11 is 0. The van der Waals surface area contributed by atoms with Crippen molar-refractivity contribution in [3.8, 4) is 5.69 Å². The number of hydrogen-bond donors (Lipinski definition) is 0. The Morgan fingerprint density at radius 3 is 2.46 bits per heavy atom. The third kappa shape index (κ3) is 2.83. The topological polar surface area (TPSA) is 74.7 Å². The van der Waals surface area contributed by atoms with E-state index in [-0.39, 0.29) is 11.2 Å². The van der Waals surface area contributed by atoms with Gasteiger partial charge in [-0.2, -0.15) is 0 Å². The predicted octanol–water partition coefficient (Wildman–Crippen LogP) is 1.83. The van der Waals surface area contributed by atoms with Crippen LogP contribution in [-0.2, 0) is 13.1 Å². The maximum atomic E-state index is 13.1. The number of imidazole rings is 1. The fourth-order valence-electron chi connectivity index (χ4n) is 3.09. The van der Waals surface area contributed by atoms with Gasteiger partial charge in [-0.15, -0.1) is 0 Å². The van der Waals surface area contributed by atoms with Crippen molar-refractivity contribution in [3.63, 3.8) is 0 Å². The second kappa shape index (κ2) is 6.79. The van der Waals surface area contributed by atoms with E-state index >= 15 is 0 Å². The van der Waals surface area contributed by atoms with E-state index in [0.717, 1.165) is 13.0 Å². The van der Waals surface area contributed by atoms with Gasteiger partial charge in [0.1, 0.15) is 0 Å². The molecule has 0 aliphatic carbocycles. The van der Waals surface area contributed by atoms with Crippen LogP contribution in [0.4, 0.5) is 0 Å². The van der Waals surface area contributed by atoms with Gasteiger partial charge in [0.2, 0.25) is 0 Å². The van der Waals surface area contributed by atoms with Crippen LogP contribution in [0.1, 0.15) is 6.42 Å². The van der Waals surface area contributed by atoms with Crippen LogP contribution in [0.5, 0.6) is 0 Å². The summed E-state index contributed by atoms with van der Waals surface area (Å²) in [6.07, 6.45) is 9.25. The first-order chi connectivity index (χ1) is 12.8. The fraction of sp³-hybridized carbons (Fsp3) is 0.158. The Kier molecular flexibility index (Phi) is 4.18. The smallest absolute Gasteiger partial charge is 0.336 e. The van der Waals surface area contributed by atoms with E-state index in [1.165, 1.54) is 4.57 Å². The molecule has 26 heavy (non-hydrogen) atoms. The summed E-state index contributed by atoms with van der Waals surface area (Å²) in [5.41, 5.74) is 0.510. The highest BCUT2D eigenvalue weighted by Gasteiger charge is 2.13. The molecule has 0 bridgehead atoms. The lowest BCUT2D eigenvalue weighted by atomic mass is 10.2. The molecule has 7 heteroatoms. The van der Waals surface area contributed by atoms with E-state index in [1.807, 2.05) is 22.9 Å². The van der Waals surface area contributed by atoms with Gasteiger partial charge in [-0.05, 0) is 30.7 Å². The van der Waals surface area contributed by atoms with Crippen molar-refractivity contribution >= 4 is 10.9 Å². The number of fused-ring (bicyclic) bond motifs is 1. The average Bonchev–Trinajstić information content (AvgIpc) is 3.19. The van der Waals surface area contributed by atoms with Crippen LogP contribution in [0.25, 0.3) is 16.6 Å². The summed E-state index contributed by atoms with van der Waals surface area (Å²) in [6.45, 7) is 1.25. The first kappa shape index (κ1) is 16.0. The van der Waals surface area contributed by atoms with Gasteiger partial charge in [-0.3, -0.25) is 14.3 Å². The number of aryl methyl sites for hydroxylation is 2. The van der Waals surface area contributed by atoms with Gasteiger partial charge >= 0.3 is 5.69 Å². The third-order valence-electron chi connectivity index (χ3n) is 4.33. The maximum absolute atomic E-state index is 13.1. The summed E-state index contributed by atoms with van der Waals surface area (Å²) in [6, 6.07) is 10.5. The molecule has 130 valence electrons. The van der Waals surface area contributed by atoms with Crippen LogP contribution < -0.4 is 11.2 Å². The number of pyridine rings is 1. The fourth-order valence-corrected chi connectivity index (χ4v) is 3.09. The number of aromatic nitrogens is 5. The molecule has 0 amide bonds. The standard InChI is InChI=1S/C19H17N5O2/c25-18-16-4-1-2-5-17(16)23(12-3-11-22-13-10-21-14-22)19(26)24(18)15-6-8-20-9-7-15/h1-2,4-10,13-14H,3,11-12H2. The second-order valence-corrected chi connectivity index (χ2v) is 5.95. The molecule has 0 N–H and O–H groups in total. The minimum absolute atomic E-state index is 0.317. The highest BCUT2D eigenvalue weighted by molar-refractivity contribution is 5.78. The Morgan fingerprint density at radius 2 is 1.69 bits per heavy atom. The monoisotopic (exact) mass is 347 g/mol. The van der Waals surface area contributed by atoms with E-state index in [4.69, 9.17) is 0 Å². The van der Waals surface area contributed by atoms with Crippen molar-refractivity contribution < 1.29 is 0 Å². The van der Waals surface area contributed by atoms with Crippen LogP contribution in [-0.4, -0.2) is 23.7 Å². The van der Waals surface area contributed by atoms with E-state index in [2.05, 4.69) is 9.97 Å². The lowest BCUT2D eigenvalue weighted by Crippen LogP contribution is -2.39. The van der Waals surface area contributed by atoms with Gasteiger partial charge in [0, 0.05) is 37.9 Å². The molecule has 0 spiro atoms. The molecule has 0 aliphatic heterocycles. The number of para-hydroxylation sites is 1. The molecule has 0 atom stereocenters. The molecule has 0 fully saturated rings. The van der Waals surface area contributed by atoms with Crippen LogP contribution in [0.2, 0.25) is 0 Å². The lowest BCUT2D eigenvalue weighted by Gasteiger charge is -2.14. The lowest BCUT2D eigenvalue weighted by molar-refractivity contribution is 0.549. The molecule has 0 aliphatic rings. The highest BCUT2D eigenvalue weighted by atomic mass is 16.2. The Balaban J connectivity index is 1.83. The molecule has 0 radical (unpaired) electrons. The molecular weight excluding hydrogens is 330 g/mol. The van der Waals surface area contributed by atoms with Crippen LogP contribution >= 0.6 is 0 Å². The van der Waals surface area contributed by atoms with E-state index in [1.54, 1.807) is 53.8 Å². The largest absolute Gasteiger partial charge is 0.337 e. The summed E-state index contributed by atoms with van der Waals surface area (Å²) in [5.74, 6) is 0. The zero-order valence-corrected chi connectivity index (χ0v) is 14.0. The van der Waals surface area contributed by atoms with Crippen molar-refractivity contribution in [2.24, 2.45) is 0 Å². The molecule has 4 rings (SSSR count). The number of benzene rings is 1. The Labute approximate surface area is 148 Å². The zero-order valence-electron chi connectivity index (χ0n) is 14.0. The van der Waals surface area contributed by atoms with Crippen molar-refractivity contribution in [1.29, 1.82) is 0 Å². The molecular formula is C19H17N5O2. The van der Waals surface area contributed by atoms with Gasteiger partial charge < -0.3 is 4.57 Å².